The molecule has 3 aromatic rings. The van der Waals surface area contributed by atoms with E-state index < -0.39 is 5.76 Å². The van der Waals surface area contributed by atoms with Crippen LogP contribution in [0.1, 0.15) is 22.9 Å². The molecule has 1 aliphatic heterocycles. The molecule has 0 unspecified atom stereocenters. The van der Waals surface area contributed by atoms with Crippen molar-refractivity contribution in [3.8, 4) is 11.4 Å². The Hall–Kier alpha value is -2.46. The lowest BCUT2D eigenvalue weighted by Crippen LogP contribution is -2.35. The number of aryl methyl sites for hydroxylation is 1. The van der Waals surface area contributed by atoms with E-state index in [4.69, 9.17) is 27.9 Å². The number of hydrogen-bond donors (Lipinski definition) is 2. The Kier molecular flexibility index (Phi) is 6.29. The topological polar surface area (TPSA) is 115 Å². The van der Waals surface area contributed by atoms with E-state index >= 15 is 0 Å². The highest BCUT2D eigenvalue weighted by Gasteiger charge is 2.29. The molecule has 31 heavy (non-hydrogen) atoms. The molecule has 0 saturated carbocycles. The van der Waals surface area contributed by atoms with E-state index in [9.17, 15) is 9.59 Å². The highest BCUT2D eigenvalue weighted by molar-refractivity contribution is 6.42. The molecule has 0 spiro atoms. The van der Waals surface area contributed by atoms with Gasteiger partial charge in [0.15, 0.2) is 5.82 Å². The molecule has 1 saturated heterocycles. The maximum Gasteiger partial charge on any atom is 0.439 e. The van der Waals surface area contributed by atoms with Crippen molar-refractivity contribution in [2.24, 2.45) is 5.92 Å². The molecule has 3 heterocycles. The first-order chi connectivity index (χ1) is 14.8. The van der Waals surface area contributed by atoms with Gasteiger partial charge in [-0.3, -0.25) is 14.3 Å². The van der Waals surface area contributed by atoms with Gasteiger partial charge in [0.05, 0.1) is 40.6 Å². The first-order valence-corrected chi connectivity index (χ1v) is 10.5. The number of benzene rings is 1. The zero-order valence-corrected chi connectivity index (χ0v) is 18.5. The second kappa shape index (κ2) is 8.96. The molecule has 164 valence electrons. The molecule has 0 amide bonds. The van der Waals surface area contributed by atoms with Gasteiger partial charge in [-0.15, -0.1) is 0 Å². The standard InChI is InChI=1S/C20H21Cl2N5O4/c1-10-11(2)25-27(19(28)16(10)18-24-20(29)31-26-18)9-13-8-23-5-6-30-17(13)12-3-4-14(21)15(22)7-12/h3-4,7,13,17,23H,5-6,8-9H2,1-2H3,(H,24,26,29)/t13-,17-/m0/s1. The summed E-state index contributed by atoms with van der Waals surface area (Å²) in [7, 11) is 0. The van der Waals surface area contributed by atoms with Crippen molar-refractivity contribution >= 4 is 23.2 Å². The summed E-state index contributed by atoms with van der Waals surface area (Å²) in [6.45, 7) is 5.66. The smallest absolute Gasteiger partial charge is 0.372 e. The van der Waals surface area contributed by atoms with Gasteiger partial charge in [-0.05, 0) is 37.1 Å². The average Bonchev–Trinajstić information content (AvgIpc) is 3.02. The molecule has 2 aromatic heterocycles. The van der Waals surface area contributed by atoms with Crippen LogP contribution in [0.2, 0.25) is 10.0 Å². The van der Waals surface area contributed by atoms with Gasteiger partial charge < -0.3 is 10.1 Å². The van der Waals surface area contributed by atoms with Crippen molar-refractivity contribution in [2.75, 3.05) is 19.7 Å². The third kappa shape index (κ3) is 4.45. The normalized spacial score (nSPS) is 19.4. The maximum atomic E-state index is 13.3. The second-order valence-electron chi connectivity index (χ2n) is 7.45. The van der Waals surface area contributed by atoms with E-state index in [1.807, 2.05) is 6.07 Å². The molecule has 9 nitrogen and oxygen atoms in total. The van der Waals surface area contributed by atoms with Crippen LogP contribution in [0, 0.1) is 19.8 Å². The minimum atomic E-state index is -0.726. The fourth-order valence-electron chi connectivity index (χ4n) is 3.74. The highest BCUT2D eigenvalue weighted by atomic mass is 35.5. The molecule has 2 N–H and O–H groups in total. The summed E-state index contributed by atoms with van der Waals surface area (Å²) in [5, 5.41) is 12.4. The van der Waals surface area contributed by atoms with Crippen LogP contribution in [-0.2, 0) is 11.3 Å². The number of aromatic nitrogens is 4. The van der Waals surface area contributed by atoms with Crippen LogP contribution in [0.4, 0.5) is 0 Å². The van der Waals surface area contributed by atoms with Crippen LogP contribution in [0.5, 0.6) is 0 Å². The monoisotopic (exact) mass is 465 g/mol. The van der Waals surface area contributed by atoms with Gasteiger partial charge in [-0.2, -0.15) is 5.10 Å². The lowest BCUT2D eigenvalue weighted by Gasteiger charge is -2.26. The summed E-state index contributed by atoms with van der Waals surface area (Å²) in [6.07, 6.45) is -0.310. The summed E-state index contributed by atoms with van der Waals surface area (Å²) >= 11 is 12.3. The SMILES string of the molecule is Cc1nn(C[C@@H]2CNCCO[C@H]2c2ccc(Cl)c(Cl)c2)c(=O)c(-c2noc(=O)[nH]2)c1C. The van der Waals surface area contributed by atoms with Gasteiger partial charge in [0.1, 0.15) is 0 Å². The third-order valence-electron chi connectivity index (χ3n) is 5.40. The van der Waals surface area contributed by atoms with Crippen molar-refractivity contribution in [1.82, 2.24) is 25.2 Å². The summed E-state index contributed by atoms with van der Waals surface area (Å²) in [5.41, 5.74) is 2.03. The Morgan fingerprint density at radius 2 is 2.03 bits per heavy atom. The predicted octanol–water partition coefficient (Wildman–Crippen LogP) is 2.49. The van der Waals surface area contributed by atoms with E-state index in [1.54, 1.807) is 26.0 Å². The fourth-order valence-corrected chi connectivity index (χ4v) is 4.05. The Bertz CT molecular complexity index is 1220. The zero-order chi connectivity index (χ0) is 22.1. The maximum absolute atomic E-state index is 13.3. The number of nitrogens with one attached hydrogen (secondary N) is 2. The summed E-state index contributed by atoms with van der Waals surface area (Å²) in [6, 6.07) is 5.39. The van der Waals surface area contributed by atoms with Crippen LogP contribution in [0.15, 0.2) is 32.3 Å². The van der Waals surface area contributed by atoms with E-state index in [0.29, 0.717) is 41.0 Å². The Balaban J connectivity index is 1.74. The number of halogens is 2. The highest BCUT2D eigenvalue weighted by Crippen LogP contribution is 2.32. The molecule has 1 aromatic carbocycles. The quantitative estimate of drug-likeness (QED) is 0.607. The van der Waals surface area contributed by atoms with Crippen LogP contribution in [0.25, 0.3) is 11.4 Å². The van der Waals surface area contributed by atoms with Gasteiger partial charge in [0.25, 0.3) is 5.56 Å². The molecule has 2 atom stereocenters. The molecule has 0 aliphatic carbocycles. The van der Waals surface area contributed by atoms with Gasteiger partial charge >= 0.3 is 5.76 Å². The molecule has 1 fully saturated rings. The van der Waals surface area contributed by atoms with Gasteiger partial charge in [0.2, 0.25) is 0 Å². The number of ether oxygens (including phenoxy) is 1. The lowest BCUT2D eigenvalue weighted by atomic mass is 9.95. The van der Waals surface area contributed by atoms with E-state index in [2.05, 4.69) is 25.1 Å². The number of hydrogen-bond acceptors (Lipinski definition) is 7. The number of aromatic amines is 1. The van der Waals surface area contributed by atoms with Crippen molar-refractivity contribution in [3.63, 3.8) is 0 Å². The van der Waals surface area contributed by atoms with Crippen LogP contribution in [0.3, 0.4) is 0 Å². The van der Waals surface area contributed by atoms with Crippen LogP contribution in [-0.4, -0.2) is 39.6 Å². The summed E-state index contributed by atoms with van der Waals surface area (Å²) < 4.78 is 12.1. The van der Waals surface area contributed by atoms with E-state index in [1.165, 1.54) is 4.68 Å². The van der Waals surface area contributed by atoms with E-state index in [-0.39, 0.29) is 35.5 Å². The lowest BCUT2D eigenvalue weighted by molar-refractivity contribution is 0.0238. The number of H-pyrrole nitrogens is 1. The van der Waals surface area contributed by atoms with Gasteiger partial charge in [0, 0.05) is 19.0 Å². The molecular weight excluding hydrogens is 445 g/mol. The minimum absolute atomic E-state index is 0.0861. The van der Waals surface area contributed by atoms with E-state index in [0.717, 1.165) is 5.56 Å². The summed E-state index contributed by atoms with van der Waals surface area (Å²) in [4.78, 5) is 27.1. The first-order valence-electron chi connectivity index (χ1n) is 9.77. The number of rotatable bonds is 4. The van der Waals surface area contributed by atoms with Crippen molar-refractivity contribution in [3.05, 3.63) is 66.0 Å². The van der Waals surface area contributed by atoms with Crippen LogP contribution >= 0.6 is 23.2 Å². The molecule has 4 rings (SSSR count). The molecular formula is C20H21Cl2N5O4. The largest absolute Gasteiger partial charge is 0.439 e. The molecule has 0 bridgehead atoms. The van der Waals surface area contributed by atoms with Crippen molar-refractivity contribution in [1.29, 1.82) is 0 Å². The fraction of sp³-hybridized carbons (Fsp3) is 0.400. The zero-order valence-electron chi connectivity index (χ0n) is 16.9. The van der Waals surface area contributed by atoms with Crippen molar-refractivity contribution in [2.45, 2.75) is 26.5 Å². The second-order valence-corrected chi connectivity index (χ2v) is 8.26. The first kappa shape index (κ1) is 21.8. The van der Waals surface area contributed by atoms with Gasteiger partial charge in [-0.25, -0.2) is 9.48 Å². The predicted molar refractivity (Wildman–Crippen MR) is 116 cm³/mol. The third-order valence-corrected chi connectivity index (χ3v) is 6.14. The Morgan fingerprint density at radius 3 is 2.74 bits per heavy atom. The van der Waals surface area contributed by atoms with Gasteiger partial charge in [-0.1, -0.05) is 34.4 Å². The molecule has 1 aliphatic rings. The van der Waals surface area contributed by atoms with Crippen molar-refractivity contribution < 1.29 is 9.26 Å². The number of nitrogens with zero attached hydrogens (tertiary/aromatic N) is 3. The molecule has 11 heteroatoms. The Morgan fingerprint density at radius 1 is 1.23 bits per heavy atom. The van der Waals surface area contributed by atoms with Crippen LogP contribution < -0.4 is 16.6 Å². The molecule has 0 radical (unpaired) electrons. The minimum Gasteiger partial charge on any atom is -0.372 e. The Labute approximate surface area is 187 Å². The summed E-state index contributed by atoms with van der Waals surface area (Å²) in [5.74, 6) is -0.754. The average molecular weight is 466 g/mol.